The molecule has 1 atom stereocenters. The van der Waals surface area contributed by atoms with Crippen LogP contribution in [0.15, 0.2) is 18.2 Å². The molecule has 0 N–H and O–H groups in total. The smallest absolute Gasteiger partial charge is 0.347 e. The van der Waals surface area contributed by atoms with Crippen LogP contribution in [0.5, 0.6) is 5.75 Å². The first kappa shape index (κ1) is 16.2. The molecule has 0 radical (unpaired) electrons. The Balaban J connectivity index is 2.94. The molecule has 1 aromatic carbocycles. The Morgan fingerprint density at radius 2 is 2.20 bits per heavy atom. The van der Waals surface area contributed by atoms with Gasteiger partial charge in [-0.2, -0.15) is 0 Å². The van der Waals surface area contributed by atoms with Gasteiger partial charge in [0.05, 0.1) is 23.1 Å². The van der Waals surface area contributed by atoms with Gasteiger partial charge in [-0.25, -0.2) is 4.79 Å². The fraction of sp³-hybridized carbons (Fsp3) is 0.462. The van der Waals surface area contributed by atoms with E-state index >= 15 is 0 Å². The normalized spacial score (nSPS) is 11.8. The number of halogens is 1. The highest BCUT2D eigenvalue weighted by Gasteiger charge is 2.22. The molecule has 0 aliphatic carbocycles. The Bertz CT molecular complexity index is 492. The van der Waals surface area contributed by atoms with Crippen LogP contribution in [-0.4, -0.2) is 24.1 Å². The van der Waals surface area contributed by atoms with E-state index in [1.165, 1.54) is 25.3 Å². The fourth-order valence-electron chi connectivity index (χ4n) is 1.60. The topological polar surface area (TPSA) is 78.7 Å². The molecule has 1 unspecified atom stereocenters. The van der Waals surface area contributed by atoms with Gasteiger partial charge in [-0.15, -0.1) is 0 Å². The van der Waals surface area contributed by atoms with E-state index in [-0.39, 0.29) is 16.5 Å². The van der Waals surface area contributed by atoms with Gasteiger partial charge in [0, 0.05) is 6.07 Å². The summed E-state index contributed by atoms with van der Waals surface area (Å²) in [5.41, 5.74) is -0.150. The van der Waals surface area contributed by atoms with Crippen molar-refractivity contribution in [1.29, 1.82) is 0 Å². The summed E-state index contributed by atoms with van der Waals surface area (Å²) in [5.74, 6) is -0.423. The second-order valence-corrected chi connectivity index (χ2v) is 4.55. The summed E-state index contributed by atoms with van der Waals surface area (Å²) in [5, 5.41) is 10.9. The maximum atomic E-state index is 11.6. The third kappa shape index (κ3) is 4.38. The van der Waals surface area contributed by atoms with Crippen LogP contribution in [0.3, 0.4) is 0 Å². The van der Waals surface area contributed by atoms with Crippen molar-refractivity contribution < 1.29 is 19.2 Å². The van der Waals surface area contributed by atoms with Crippen molar-refractivity contribution in [2.24, 2.45) is 0 Å². The van der Waals surface area contributed by atoms with E-state index in [4.69, 9.17) is 16.3 Å². The van der Waals surface area contributed by atoms with Crippen LogP contribution >= 0.6 is 11.6 Å². The van der Waals surface area contributed by atoms with Crippen molar-refractivity contribution in [1.82, 2.24) is 0 Å². The largest absolute Gasteiger partial charge is 0.477 e. The number of hydrogen-bond donors (Lipinski definition) is 0. The third-order valence-electron chi connectivity index (χ3n) is 2.68. The Labute approximate surface area is 121 Å². The van der Waals surface area contributed by atoms with Crippen LogP contribution in [0.4, 0.5) is 5.69 Å². The molecule has 1 rings (SSSR count). The van der Waals surface area contributed by atoms with Crippen molar-refractivity contribution in [2.45, 2.75) is 32.3 Å². The second kappa shape index (κ2) is 7.69. The molecule has 7 heteroatoms. The SMILES string of the molecule is CCCCC(Oc1cc([N+](=O)[O-])ccc1Cl)C(=O)OC. The number of nitrogens with zero attached hydrogens (tertiary/aromatic N) is 1. The molecule has 0 bridgehead atoms. The molecule has 0 spiro atoms. The standard InChI is InChI=1S/C13H16ClNO5/c1-3-4-5-11(13(16)19-2)20-12-8-9(15(17)18)6-7-10(12)14/h6-8,11H,3-5H2,1-2H3. The first-order chi connectivity index (χ1) is 9.49. The Kier molecular flexibility index (Phi) is 6.24. The predicted octanol–water partition coefficient (Wildman–Crippen LogP) is 3.36. The summed E-state index contributed by atoms with van der Waals surface area (Å²) in [6, 6.07) is 3.84. The lowest BCUT2D eigenvalue weighted by Gasteiger charge is -2.17. The molecule has 0 fully saturated rings. The highest BCUT2D eigenvalue weighted by atomic mass is 35.5. The summed E-state index contributed by atoms with van der Waals surface area (Å²) in [6.45, 7) is 1.98. The van der Waals surface area contributed by atoms with Crippen LogP contribution in [0.25, 0.3) is 0 Å². The zero-order valence-electron chi connectivity index (χ0n) is 11.3. The number of carbonyl (C=O) groups is 1. The lowest BCUT2D eigenvalue weighted by atomic mass is 10.1. The van der Waals surface area contributed by atoms with Gasteiger partial charge in [-0.1, -0.05) is 24.9 Å². The summed E-state index contributed by atoms with van der Waals surface area (Å²) in [7, 11) is 1.26. The lowest BCUT2D eigenvalue weighted by Crippen LogP contribution is -2.28. The van der Waals surface area contributed by atoms with Gasteiger partial charge >= 0.3 is 5.97 Å². The number of methoxy groups -OCH3 is 1. The van der Waals surface area contributed by atoms with E-state index in [1.807, 2.05) is 6.92 Å². The highest BCUT2D eigenvalue weighted by molar-refractivity contribution is 6.32. The van der Waals surface area contributed by atoms with Crippen molar-refractivity contribution in [3.05, 3.63) is 33.3 Å². The summed E-state index contributed by atoms with van der Waals surface area (Å²) >= 11 is 5.93. The summed E-state index contributed by atoms with van der Waals surface area (Å²) < 4.78 is 10.1. The van der Waals surface area contributed by atoms with E-state index in [9.17, 15) is 14.9 Å². The van der Waals surface area contributed by atoms with Gasteiger partial charge in [0.25, 0.3) is 5.69 Å². The van der Waals surface area contributed by atoms with Crippen molar-refractivity contribution in [3.63, 3.8) is 0 Å². The Morgan fingerprint density at radius 1 is 1.50 bits per heavy atom. The molecule has 0 aliphatic heterocycles. The number of non-ortho nitro benzene ring substituents is 1. The minimum atomic E-state index is -0.820. The number of rotatable bonds is 7. The Hall–Kier alpha value is -1.82. The molecule has 6 nitrogen and oxygen atoms in total. The zero-order valence-corrected chi connectivity index (χ0v) is 12.1. The summed E-state index contributed by atoms with van der Waals surface area (Å²) in [6.07, 6.45) is 1.30. The van der Waals surface area contributed by atoms with Crippen LogP contribution in [0.2, 0.25) is 5.02 Å². The number of nitro groups is 1. The number of benzene rings is 1. The van der Waals surface area contributed by atoms with Gasteiger partial charge < -0.3 is 9.47 Å². The number of esters is 1. The van der Waals surface area contributed by atoms with E-state index < -0.39 is 17.0 Å². The van der Waals surface area contributed by atoms with E-state index in [2.05, 4.69) is 4.74 Å². The number of hydrogen-bond acceptors (Lipinski definition) is 5. The van der Waals surface area contributed by atoms with E-state index in [0.717, 1.165) is 12.8 Å². The van der Waals surface area contributed by atoms with Crippen LogP contribution in [0.1, 0.15) is 26.2 Å². The van der Waals surface area contributed by atoms with Crippen LogP contribution in [0, 0.1) is 10.1 Å². The van der Waals surface area contributed by atoms with Gasteiger partial charge in [-0.3, -0.25) is 10.1 Å². The molecule has 20 heavy (non-hydrogen) atoms. The number of carbonyl (C=O) groups excluding carboxylic acids is 1. The molecular formula is C13H16ClNO5. The minimum Gasteiger partial charge on any atom is -0.477 e. The molecule has 0 aliphatic rings. The van der Waals surface area contributed by atoms with Crippen molar-refractivity contribution in [3.8, 4) is 5.75 Å². The van der Waals surface area contributed by atoms with Crippen LogP contribution in [-0.2, 0) is 9.53 Å². The number of nitro benzene ring substituents is 1. The first-order valence-electron chi connectivity index (χ1n) is 6.18. The zero-order chi connectivity index (χ0) is 15.1. The third-order valence-corrected chi connectivity index (χ3v) is 2.99. The number of ether oxygens (including phenoxy) is 2. The van der Waals surface area contributed by atoms with Crippen molar-refractivity contribution in [2.75, 3.05) is 7.11 Å². The Morgan fingerprint density at radius 3 is 2.75 bits per heavy atom. The molecule has 110 valence electrons. The van der Waals surface area contributed by atoms with Gasteiger partial charge in [0.1, 0.15) is 5.75 Å². The monoisotopic (exact) mass is 301 g/mol. The first-order valence-corrected chi connectivity index (χ1v) is 6.55. The molecule has 0 heterocycles. The van der Waals surface area contributed by atoms with Crippen molar-refractivity contribution >= 4 is 23.3 Å². The maximum Gasteiger partial charge on any atom is 0.347 e. The predicted molar refractivity (Wildman–Crippen MR) is 74.1 cm³/mol. The van der Waals surface area contributed by atoms with Gasteiger partial charge in [0.2, 0.25) is 0 Å². The maximum absolute atomic E-state index is 11.6. The minimum absolute atomic E-state index is 0.104. The van der Waals surface area contributed by atoms with Gasteiger partial charge in [-0.05, 0) is 18.9 Å². The van der Waals surface area contributed by atoms with E-state index in [0.29, 0.717) is 6.42 Å². The quantitative estimate of drug-likeness (QED) is 0.438. The average Bonchev–Trinajstić information content (AvgIpc) is 2.44. The van der Waals surface area contributed by atoms with E-state index in [1.54, 1.807) is 0 Å². The molecular weight excluding hydrogens is 286 g/mol. The molecule has 0 saturated carbocycles. The number of unbranched alkanes of at least 4 members (excludes halogenated alkanes) is 1. The molecule has 1 aromatic rings. The van der Waals surface area contributed by atoms with Crippen LogP contribution < -0.4 is 4.74 Å². The lowest BCUT2D eigenvalue weighted by molar-refractivity contribution is -0.384. The molecule has 0 amide bonds. The fourth-order valence-corrected chi connectivity index (χ4v) is 1.76. The average molecular weight is 302 g/mol. The molecule has 0 saturated heterocycles. The van der Waals surface area contributed by atoms with Gasteiger partial charge in [0.15, 0.2) is 6.10 Å². The highest BCUT2D eigenvalue weighted by Crippen LogP contribution is 2.30. The molecule has 0 aromatic heterocycles. The second-order valence-electron chi connectivity index (χ2n) is 4.14. The summed E-state index contributed by atoms with van der Waals surface area (Å²) in [4.78, 5) is 21.8.